The van der Waals surface area contributed by atoms with Crippen LogP contribution in [0.1, 0.15) is 22.7 Å². The molecule has 0 N–H and O–H groups in total. The summed E-state index contributed by atoms with van der Waals surface area (Å²) in [5.74, 6) is 0. The molecule has 6 heteroatoms. The van der Waals surface area contributed by atoms with E-state index in [4.69, 9.17) is 0 Å². The SMILES string of the molecule is O=[N+]([O-])c1ccc(C=NN2CCN(C(c3ccccc3)c3ccccc3)CC2)cc1. The lowest BCUT2D eigenvalue weighted by atomic mass is 9.96. The molecule has 1 aliphatic heterocycles. The first-order valence-electron chi connectivity index (χ1n) is 10.1. The second-order valence-corrected chi connectivity index (χ2v) is 7.31. The summed E-state index contributed by atoms with van der Waals surface area (Å²) in [4.78, 5) is 12.9. The molecule has 1 saturated heterocycles. The molecule has 0 atom stereocenters. The summed E-state index contributed by atoms with van der Waals surface area (Å²) in [6.07, 6.45) is 1.77. The van der Waals surface area contributed by atoms with E-state index < -0.39 is 4.92 Å². The quantitative estimate of drug-likeness (QED) is 0.351. The minimum atomic E-state index is -0.393. The Morgan fingerprint density at radius 1 is 0.800 bits per heavy atom. The molecule has 1 aliphatic rings. The summed E-state index contributed by atoms with van der Waals surface area (Å²) in [5.41, 5.74) is 3.54. The smallest absolute Gasteiger partial charge is 0.269 e. The second kappa shape index (κ2) is 9.33. The summed E-state index contributed by atoms with van der Waals surface area (Å²) < 4.78 is 0. The maximum Gasteiger partial charge on any atom is 0.269 e. The first kappa shape index (κ1) is 19.8. The van der Waals surface area contributed by atoms with Crippen LogP contribution in [0.2, 0.25) is 0 Å². The predicted octanol–water partition coefficient (Wildman–Crippen LogP) is 4.34. The van der Waals surface area contributed by atoms with Gasteiger partial charge >= 0.3 is 0 Å². The van der Waals surface area contributed by atoms with Gasteiger partial charge in [-0.25, -0.2) is 0 Å². The molecule has 0 saturated carbocycles. The Morgan fingerprint density at radius 2 is 1.33 bits per heavy atom. The third kappa shape index (κ3) is 4.72. The van der Waals surface area contributed by atoms with Crippen molar-refractivity contribution in [2.75, 3.05) is 26.2 Å². The maximum absolute atomic E-state index is 10.8. The number of piperazine rings is 1. The first-order valence-corrected chi connectivity index (χ1v) is 10.1. The van der Waals surface area contributed by atoms with Crippen LogP contribution in [0.4, 0.5) is 5.69 Å². The van der Waals surface area contributed by atoms with E-state index in [0.717, 1.165) is 31.7 Å². The Labute approximate surface area is 176 Å². The summed E-state index contributed by atoms with van der Waals surface area (Å²) in [6, 6.07) is 27.9. The molecule has 1 heterocycles. The molecule has 152 valence electrons. The molecule has 6 nitrogen and oxygen atoms in total. The van der Waals surface area contributed by atoms with Crippen LogP contribution in [-0.4, -0.2) is 47.2 Å². The molecule has 3 aromatic rings. The number of hydrazone groups is 1. The number of benzene rings is 3. The zero-order valence-corrected chi connectivity index (χ0v) is 16.7. The number of nitro groups is 1. The number of non-ortho nitro benzene ring substituents is 1. The van der Waals surface area contributed by atoms with E-state index in [1.165, 1.54) is 23.3 Å². The normalized spacial score (nSPS) is 15.0. The highest BCUT2D eigenvalue weighted by Gasteiger charge is 2.25. The monoisotopic (exact) mass is 400 g/mol. The van der Waals surface area contributed by atoms with Gasteiger partial charge in [0.15, 0.2) is 0 Å². The molecular formula is C24H24N4O2. The van der Waals surface area contributed by atoms with E-state index in [0.29, 0.717) is 0 Å². The summed E-state index contributed by atoms with van der Waals surface area (Å²) in [7, 11) is 0. The second-order valence-electron chi connectivity index (χ2n) is 7.31. The van der Waals surface area contributed by atoms with E-state index in [2.05, 4.69) is 75.7 Å². The van der Waals surface area contributed by atoms with Crippen LogP contribution >= 0.6 is 0 Å². The molecule has 0 spiro atoms. The van der Waals surface area contributed by atoms with E-state index in [9.17, 15) is 10.1 Å². The van der Waals surface area contributed by atoms with Gasteiger partial charge in [-0.15, -0.1) is 0 Å². The third-order valence-electron chi connectivity index (χ3n) is 5.36. The van der Waals surface area contributed by atoms with Crippen molar-refractivity contribution in [3.63, 3.8) is 0 Å². The van der Waals surface area contributed by atoms with Crippen molar-refractivity contribution in [1.82, 2.24) is 9.91 Å². The highest BCUT2D eigenvalue weighted by atomic mass is 16.6. The molecule has 0 unspecified atom stereocenters. The Morgan fingerprint density at radius 3 is 1.83 bits per heavy atom. The molecule has 3 aromatic carbocycles. The molecule has 0 amide bonds. The molecule has 0 bridgehead atoms. The number of rotatable bonds is 6. The molecule has 4 rings (SSSR count). The van der Waals surface area contributed by atoms with Gasteiger partial charge in [-0.05, 0) is 28.8 Å². The van der Waals surface area contributed by atoms with Crippen molar-refractivity contribution >= 4 is 11.9 Å². The largest absolute Gasteiger partial charge is 0.294 e. The zero-order chi connectivity index (χ0) is 20.8. The van der Waals surface area contributed by atoms with Gasteiger partial charge in [0.25, 0.3) is 5.69 Å². The topological polar surface area (TPSA) is 62.0 Å². The van der Waals surface area contributed by atoms with E-state index in [-0.39, 0.29) is 11.7 Å². The van der Waals surface area contributed by atoms with Crippen molar-refractivity contribution < 1.29 is 4.92 Å². The summed E-state index contributed by atoms with van der Waals surface area (Å²) >= 11 is 0. The molecule has 0 aliphatic carbocycles. The Hall–Kier alpha value is -3.51. The highest BCUT2D eigenvalue weighted by Crippen LogP contribution is 2.29. The van der Waals surface area contributed by atoms with Crippen molar-refractivity contribution in [3.05, 3.63) is 112 Å². The van der Waals surface area contributed by atoms with Crippen molar-refractivity contribution in [3.8, 4) is 0 Å². The zero-order valence-electron chi connectivity index (χ0n) is 16.7. The third-order valence-corrected chi connectivity index (χ3v) is 5.36. The minimum absolute atomic E-state index is 0.0913. The van der Waals surface area contributed by atoms with Gasteiger partial charge < -0.3 is 0 Å². The fraction of sp³-hybridized carbons (Fsp3) is 0.208. The summed E-state index contributed by atoms with van der Waals surface area (Å²) in [6.45, 7) is 3.48. The van der Waals surface area contributed by atoms with Crippen molar-refractivity contribution in [1.29, 1.82) is 0 Å². The van der Waals surface area contributed by atoms with Gasteiger partial charge in [0.05, 0.1) is 17.2 Å². The highest BCUT2D eigenvalue weighted by molar-refractivity contribution is 5.79. The number of nitro benzene ring substituents is 1. The fourth-order valence-electron chi connectivity index (χ4n) is 3.80. The van der Waals surface area contributed by atoms with E-state index in [1.807, 2.05) is 0 Å². The van der Waals surface area contributed by atoms with Gasteiger partial charge in [-0.3, -0.25) is 20.0 Å². The van der Waals surface area contributed by atoms with Crippen molar-refractivity contribution in [2.45, 2.75) is 6.04 Å². The number of hydrogen-bond donors (Lipinski definition) is 0. The predicted molar refractivity (Wildman–Crippen MR) is 119 cm³/mol. The minimum Gasteiger partial charge on any atom is -0.294 e. The molecular weight excluding hydrogens is 376 g/mol. The average molecular weight is 400 g/mol. The molecule has 1 fully saturated rings. The standard InChI is InChI=1S/C24H24N4O2/c29-28(30)23-13-11-20(12-14-23)19-25-27-17-15-26(16-18-27)24(21-7-3-1-4-8-21)22-9-5-2-6-10-22/h1-14,19,24H,15-18H2. The lowest BCUT2D eigenvalue weighted by molar-refractivity contribution is -0.384. The van der Waals surface area contributed by atoms with Gasteiger partial charge in [0, 0.05) is 38.3 Å². The molecule has 0 radical (unpaired) electrons. The number of nitrogens with zero attached hydrogens (tertiary/aromatic N) is 4. The average Bonchev–Trinajstić information content (AvgIpc) is 2.80. The van der Waals surface area contributed by atoms with Crippen LogP contribution in [0, 0.1) is 10.1 Å². The van der Waals surface area contributed by atoms with Gasteiger partial charge in [0.2, 0.25) is 0 Å². The lowest BCUT2D eigenvalue weighted by Gasteiger charge is -2.38. The number of hydrogen-bond acceptors (Lipinski definition) is 5. The van der Waals surface area contributed by atoms with Crippen LogP contribution in [0.5, 0.6) is 0 Å². The van der Waals surface area contributed by atoms with Crippen molar-refractivity contribution in [2.24, 2.45) is 5.10 Å². The summed E-state index contributed by atoms with van der Waals surface area (Å²) in [5, 5.41) is 17.4. The Bertz CT molecular complexity index is 943. The Kier molecular flexibility index (Phi) is 6.15. The van der Waals surface area contributed by atoms with Crippen LogP contribution < -0.4 is 0 Å². The van der Waals surface area contributed by atoms with Crippen LogP contribution in [0.15, 0.2) is 90.0 Å². The Balaban J connectivity index is 1.42. The lowest BCUT2D eigenvalue weighted by Crippen LogP contribution is -2.45. The van der Waals surface area contributed by atoms with E-state index in [1.54, 1.807) is 18.3 Å². The van der Waals surface area contributed by atoms with Gasteiger partial charge in [-0.1, -0.05) is 60.7 Å². The first-order chi connectivity index (χ1) is 14.7. The van der Waals surface area contributed by atoms with Crippen LogP contribution in [0.25, 0.3) is 0 Å². The van der Waals surface area contributed by atoms with Crippen LogP contribution in [-0.2, 0) is 0 Å². The fourth-order valence-corrected chi connectivity index (χ4v) is 3.80. The van der Waals surface area contributed by atoms with Gasteiger partial charge in [0.1, 0.15) is 0 Å². The maximum atomic E-state index is 10.8. The van der Waals surface area contributed by atoms with E-state index >= 15 is 0 Å². The van der Waals surface area contributed by atoms with Gasteiger partial charge in [-0.2, -0.15) is 5.10 Å². The van der Waals surface area contributed by atoms with Crippen LogP contribution in [0.3, 0.4) is 0 Å². The molecule has 30 heavy (non-hydrogen) atoms. The molecule has 0 aromatic heterocycles.